The fourth-order valence-electron chi connectivity index (χ4n) is 3.54. The molecule has 0 radical (unpaired) electrons. The van der Waals surface area contributed by atoms with E-state index in [0.29, 0.717) is 6.61 Å². The number of aryl methyl sites for hydroxylation is 1. The maximum atomic E-state index is 5.22. The van der Waals surface area contributed by atoms with Crippen LogP contribution in [-0.4, -0.2) is 55.7 Å². The molecule has 0 N–H and O–H groups in total. The minimum atomic E-state index is 0.634. The molecular formula is C18H25N7O. The highest BCUT2D eigenvalue weighted by Gasteiger charge is 2.25. The number of hydrogen-bond acceptors (Lipinski definition) is 5. The van der Waals surface area contributed by atoms with Crippen LogP contribution in [0.15, 0.2) is 24.8 Å². The first-order valence-corrected chi connectivity index (χ1v) is 9.03. The molecule has 1 aliphatic rings. The van der Waals surface area contributed by atoms with Crippen LogP contribution in [0, 0.1) is 6.92 Å². The molecule has 8 nitrogen and oxygen atoms in total. The van der Waals surface area contributed by atoms with Gasteiger partial charge in [-0.05, 0) is 19.8 Å². The van der Waals surface area contributed by atoms with Gasteiger partial charge < -0.3 is 14.2 Å². The van der Waals surface area contributed by atoms with Crippen molar-refractivity contribution in [3.05, 3.63) is 30.5 Å². The molecule has 0 saturated carbocycles. The van der Waals surface area contributed by atoms with E-state index in [4.69, 9.17) is 9.84 Å². The molecular weight excluding hydrogens is 330 g/mol. The summed E-state index contributed by atoms with van der Waals surface area (Å²) >= 11 is 0. The molecule has 0 bridgehead atoms. The zero-order valence-electron chi connectivity index (χ0n) is 15.6. The van der Waals surface area contributed by atoms with E-state index in [0.717, 1.165) is 48.5 Å². The Kier molecular flexibility index (Phi) is 4.50. The summed E-state index contributed by atoms with van der Waals surface area (Å²) in [5.74, 6) is 2.68. The van der Waals surface area contributed by atoms with Crippen LogP contribution < -0.4 is 4.90 Å². The number of aromatic nitrogens is 6. The zero-order valence-corrected chi connectivity index (χ0v) is 15.6. The Morgan fingerprint density at radius 3 is 2.58 bits per heavy atom. The number of anilines is 1. The average Bonchev–Trinajstić information content (AvgIpc) is 3.41. The first-order chi connectivity index (χ1) is 12.7. The van der Waals surface area contributed by atoms with Crippen LogP contribution in [0.2, 0.25) is 0 Å². The molecule has 1 saturated heterocycles. The van der Waals surface area contributed by atoms with Gasteiger partial charge in [-0.2, -0.15) is 5.10 Å². The van der Waals surface area contributed by atoms with E-state index < -0.39 is 0 Å². The molecule has 4 rings (SSSR count). The van der Waals surface area contributed by atoms with Crippen LogP contribution in [0.4, 0.5) is 5.82 Å². The number of methoxy groups -OCH3 is 1. The van der Waals surface area contributed by atoms with E-state index in [1.54, 1.807) is 7.11 Å². The van der Waals surface area contributed by atoms with E-state index in [-0.39, 0.29) is 0 Å². The predicted molar refractivity (Wildman–Crippen MR) is 99.6 cm³/mol. The smallest absolute Gasteiger partial charge is 0.181 e. The molecule has 0 unspecified atom stereocenters. The van der Waals surface area contributed by atoms with Gasteiger partial charge in [0.15, 0.2) is 17.5 Å². The third-order valence-corrected chi connectivity index (χ3v) is 5.02. The molecule has 0 atom stereocenters. The van der Waals surface area contributed by atoms with Gasteiger partial charge in [-0.1, -0.05) is 0 Å². The van der Waals surface area contributed by atoms with E-state index in [1.165, 1.54) is 12.8 Å². The Morgan fingerprint density at radius 2 is 1.81 bits per heavy atom. The second-order valence-electron chi connectivity index (χ2n) is 6.63. The van der Waals surface area contributed by atoms with Crippen LogP contribution in [0.3, 0.4) is 0 Å². The summed E-state index contributed by atoms with van der Waals surface area (Å²) in [7, 11) is 3.70. The summed E-state index contributed by atoms with van der Waals surface area (Å²) < 4.78 is 11.3. The predicted octanol–water partition coefficient (Wildman–Crippen LogP) is 2.02. The molecule has 8 heteroatoms. The first kappa shape index (κ1) is 16.8. The van der Waals surface area contributed by atoms with E-state index in [1.807, 2.05) is 36.5 Å². The van der Waals surface area contributed by atoms with Gasteiger partial charge in [0.1, 0.15) is 5.69 Å². The summed E-state index contributed by atoms with van der Waals surface area (Å²) in [6, 6.07) is 0. The largest absolute Gasteiger partial charge is 0.383 e. The summed E-state index contributed by atoms with van der Waals surface area (Å²) in [6.45, 7) is 5.58. The van der Waals surface area contributed by atoms with Crippen LogP contribution >= 0.6 is 0 Å². The average molecular weight is 355 g/mol. The molecule has 0 aromatic carbocycles. The minimum Gasteiger partial charge on any atom is -0.383 e. The van der Waals surface area contributed by atoms with E-state index in [9.17, 15) is 0 Å². The highest BCUT2D eigenvalue weighted by Crippen LogP contribution is 2.32. The van der Waals surface area contributed by atoms with Crippen LogP contribution in [0.25, 0.3) is 17.3 Å². The molecule has 0 amide bonds. The molecule has 1 aliphatic heterocycles. The maximum absolute atomic E-state index is 5.22. The number of imidazole rings is 2. The van der Waals surface area contributed by atoms with E-state index in [2.05, 4.69) is 30.9 Å². The highest BCUT2D eigenvalue weighted by atomic mass is 16.5. The monoisotopic (exact) mass is 355 g/mol. The Hall–Kier alpha value is -2.61. The first-order valence-electron chi connectivity index (χ1n) is 9.03. The van der Waals surface area contributed by atoms with Gasteiger partial charge in [0.2, 0.25) is 0 Å². The lowest BCUT2D eigenvalue weighted by molar-refractivity contribution is 0.187. The van der Waals surface area contributed by atoms with Gasteiger partial charge in [0, 0.05) is 58.6 Å². The van der Waals surface area contributed by atoms with Gasteiger partial charge in [-0.3, -0.25) is 9.25 Å². The molecule has 1 fully saturated rings. The molecule has 0 aliphatic carbocycles. The van der Waals surface area contributed by atoms with Crippen molar-refractivity contribution in [2.45, 2.75) is 26.3 Å². The van der Waals surface area contributed by atoms with Gasteiger partial charge in [-0.25, -0.2) is 9.97 Å². The Labute approximate surface area is 153 Å². The molecule has 0 spiro atoms. The topological polar surface area (TPSA) is 65.9 Å². The van der Waals surface area contributed by atoms with Crippen molar-refractivity contribution in [1.82, 2.24) is 28.9 Å². The number of ether oxygens (including phenoxy) is 1. The SMILES string of the molecule is COCCn1ccnc1-c1nccn1-c1c(N2CCCC2)nn(C)c1C. The van der Waals surface area contributed by atoms with Crippen LogP contribution in [0.5, 0.6) is 0 Å². The Morgan fingerprint density at radius 1 is 1.08 bits per heavy atom. The quantitative estimate of drug-likeness (QED) is 0.677. The second-order valence-corrected chi connectivity index (χ2v) is 6.63. The van der Waals surface area contributed by atoms with Gasteiger partial charge in [0.05, 0.1) is 12.3 Å². The summed E-state index contributed by atoms with van der Waals surface area (Å²) in [5.41, 5.74) is 2.20. The van der Waals surface area contributed by atoms with E-state index >= 15 is 0 Å². The Bertz CT molecular complexity index is 885. The standard InChI is InChI=1S/C18H25N7O/c1-14-15(16(21-22(14)2)23-8-4-5-9-23)25-11-7-20-18(25)17-19-6-10-24(17)12-13-26-3/h6-7,10-11H,4-5,8-9,12-13H2,1-3H3. The maximum Gasteiger partial charge on any atom is 0.181 e. The normalized spacial score (nSPS) is 14.5. The molecule has 4 heterocycles. The lowest BCUT2D eigenvalue weighted by Gasteiger charge is -2.18. The third kappa shape index (κ3) is 2.80. The molecule has 26 heavy (non-hydrogen) atoms. The molecule has 138 valence electrons. The molecule has 3 aromatic heterocycles. The van der Waals surface area contributed by atoms with Gasteiger partial charge >= 0.3 is 0 Å². The summed E-state index contributed by atoms with van der Waals surface area (Å²) in [5, 5.41) is 4.79. The number of nitrogens with zero attached hydrogens (tertiary/aromatic N) is 7. The summed E-state index contributed by atoms with van der Waals surface area (Å²) in [6.07, 6.45) is 10.0. The van der Waals surface area contributed by atoms with Crippen LogP contribution in [0.1, 0.15) is 18.5 Å². The second kappa shape index (κ2) is 6.95. The number of rotatable bonds is 6. The van der Waals surface area contributed by atoms with Crippen molar-refractivity contribution < 1.29 is 4.74 Å². The van der Waals surface area contributed by atoms with Crippen molar-refractivity contribution in [3.63, 3.8) is 0 Å². The summed E-state index contributed by atoms with van der Waals surface area (Å²) in [4.78, 5) is 11.5. The van der Waals surface area contributed by atoms with Crippen molar-refractivity contribution >= 4 is 5.82 Å². The lowest BCUT2D eigenvalue weighted by Crippen LogP contribution is -2.20. The van der Waals surface area contributed by atoms with Crippen molar-refractivity contribution in [2.75, 3.05) is 31.7 Å². The van der Waals surface area contributed by atoms with Gasteiger partial charge in [-0.15, -0.1) is 0 Å². The minimum absolute atomic E-state index is 0.634. The zero-order chi connectivity index (χ0) is 18.1. The lowest BCUT2D eigenvalue weighted by atomic mass is 10.3. The van der Waals surface area contributed by atoms with Gasteiger partial charge in [0.25, 0.3) is 0 Å². The van der Waals surface area contributed by atoms with Crippen molar-refractivity contribution in [3.8, 4) is 17.3 Å². The highest BCUT2D eigenvalue weighted by molar-refractivity contribution is 5.65. The van der Waals surface area contributed by atoms with Crippen LogP contribution in [-0.2, 0) is 18.3 Å². The van der Waals surface area contributed by atoms with Crippen molar-refractivity contribution in [2.24, 2.45) is 7.05 Å². The third-order valence-electron chi connectivity index (χ3n) is 5.02. The fraction of sp³-hybridized carbons (Fsp3) is 0.500. The Balaban J connectivity index is 1.80. The fourth-order valence-corrected chi connectivity index (χ4v) is 3.54. The van der Waals surface area contributed by atoms with Crippen molar-refractivity contribution in [1.29, 1.82) is 0 Å². The number of hydrogen-bond donors (Lipinski definition) is 0. The molecule has 3 aromatic rings.